The molecule has 0 saturated carbocycles. The van der Waals surface area contributed by atoms with Crippen LogP contribution >= 0.6 is 0 Å². The van der Waals surface area contributed by atoms with Gasteiger partial charge in [0, 0.05) is 19.0 Å². The Labute approximate surface area is 134 Å². The highest BCUT2D eigenvalue weighted by atomic mass is 19.1. The number of nitrogens with one attached hydrogen (secondary N) is 1. The summed E-state index contributed by atoms with van der Waals surface area (Å²) in [5, 5.41) is 2.41. The number of anilines is 1. The molecule has 6 nitrogen and oxygen atoms in total. The number of benzene rings is 1. The molecule has 1 heterocycles. The topological polar surface area (TPSA) is 67.9 Å². The van der Waals surface area contributed by atoms with Gasteiger partial charge in [0.25, 0.3) is 0 Å². The van der Waals surface area contributed by atoms with E-state index in [1.54, 1.807) is 4.90 Å². The Morgan fingerprint density at radius 1 is 1.43 bits per heavy atom. The van der Waals surface area contributed by atoms with Crippen molar-refractivity contribution in [2.75, 3.05) is 18.4 Å². The minimum atomic E-state index is -0.548. The van der Waals surface area contributed by atoms with Crippen molar-refractivity contribution >= 4 is 18.2 Å². The molecule has 1 aromatic carbocycles. The van der Waals surface area contributed by atoms with E-state index in [4.69, 9.17) is 9.47 Å². The third-order valence-electron chi connectivity index (χ3n) is 3.25. The van der Waals surface area contributed by atoms with Gasteiger partial charge in [0.1, 0.15) is 23.3 Å². The van der Waals surface area contributed by atoms with Crippen molar-refractivity contribution in [3.05, 3.63) is 24.0 Å². The summed E-state index contributed by atoms with van der Waals surface area (Å²) in [6.07, 6.45) is 0.481. The lowest BCUT2D eigenvalue weighted by molar-refractivity contribution is -0.105. The molecule has 1 unspecified atom stereocenters. The predicted octanol–water partition coefficient (Wildman–Crippen LogP) is 2.78. The Balaban J connectivity index is 1.98. The summed E-state index contributed by atoms with van der Waals surface area (Å²) in [6.45, 7) is 6.34. The average molecular weight is 324 g/mol. The summed E-state index contributed by atoms with van der Waals surface area (Å²) >= 11 is 0. The molecular weight excluding hydrogens is 303 g/mol. The van der Waals surface area contributed by atoms with Crippen LogP contribution in [-0.4, -0.2) is 42.2 Å². The van der Waals surface area contributed by atoms with Crippen LogP contribution < -0.4 is 10.1 Å². The summed E-state index contributed by atoms with van der Waals surface area (Å²) in [7, 11) is 0. The second kappa shape index (κ2) is 6.85. The Morgan fingerprint density at radius 2 is 2.17 bits per heavy atom. The van der Waals surface area contributed by atoms with E-state index in [9.17, 15) is 14.0 Å². The van der Waals surface area contributed by atoms with Gasteiger partial charge in [-0.1, -0.05) is 0 Å². The number of amides is 2. The van der Waals surface area contributed by atoms with Crippen LogP contribution in [0, 0.1) is 5.82 Å². The minimum absolute atomic E-state index is 0.236. The van der Waals surface area contributed by atoms with Crippen molar-refractivity contribution in [1.29, 1.82) is 0 Å². The molecule has 1 atom stereocenters. The van der Waals surface area contributed by atoms with Gasteiger partial charge in [0.15, 0.2) is 0 Å². The molecule has 1 aliphatic heterocycles. The van der Waals surface area contributed by atoms with E-state index in [1.165, 1.54) is 18.2 Å². The van der Waals surface area contributed by atoms with E-state index in [0.717, 1.165) is 0 Å². The first-order valence-electron chi connectivity index (χ1n) is 7.43. The lowest BCUT2D eigenvalue weighted by Crippen LogP contribution is -2.36. The number of nitrogens with zero attached hydrogens (tertiary/aromatic N) is 1. The highest BCUT2D eigenvalue weighted by Crippen LogP contribution is 2.28. The highest BCUT2D eigenvalue weighted by Gasteiger charge is 2.31. The number of hydrogen-bond acceptors (Lipinski definition) is 4. The summed E-state index contributed by atoms with van der Waals surface area (Å²) in [6, 6.07) is 3.90. The summed E-state index contributed by atoms with van der Waals surface area (Å²) in [4.78, 5) is 24.2. The van der Waals surface area contributed by atoms with Crippen molar-refractivity contribution < 1.29 is 23.5 Å². The standard InChI is InChI=1S/C16H21FN2O4/c1-16(2,3)23-15(21)19-7-6-12(9-19)22-14-5-4-11(17)8-13(14)18-10-20/h4-5,8,10,12H,6-7,9H2,1-3H3,(H,18,20). The Bertz CT molecular complexity index is 586. The van der Waals surface area contributed by atoms with Crippen molar-refractivity contribution in [1.82, 2.24) is 4.90 Å². The molecule has 1 N–H and O–H groups in total. The van der Waals surface area contributed by atoms with E-state index in [1.807, 2.05) is 20.8 Å². The molecule has 0 spiro atoms. The maximum atomic E-state index is 13.2. The van der Waals surface area contributed by atoms with Gasteiger partial charge in [-0.2, -0.15) is 0 Å². The van der Waals surface area contributed by atoms with E-state index >= 15 is 0 Å². The fourth-order valence-corrected chi connectivity index (χ4v) is 2.28. The predicted molar refractivity (Wildman–Crippen MR) is 82.9 cm³/mol. The molecule has 7 heteroatoms. The van der Waals surface area contributed by atoms with E-state index < -0.39 is 11.4 Å². The zero-order valence-electron chi connectivity index (χ0n) is 13.5. The monoisotopic (exact) mass is 324 g/mol. The van der Waals surface area contributed by atoms with Gasteiger partial charge in [-0.3, -0.25) is 4.79 Å². The second-order valence-electron chi connectivity index (χ2n) is 6.36. The number of likely N-dealkylation sites (tertiary alicyclic amines) is 1. The molecule has 0 aromatic heterocycles. The molecule has 2 amide bonds. The van der Waals surface area contributed by atoms with Crippen LogP contribution in [0.1, 0.15) is 27.2 Å². The first-order valence-corrected chi connectivity index (χ1v) is 7.43. The van der Waals surface area contributed by atoms with Gasteiger partial charge in [-0.15, -0.1) is 0 Å². The maximum Gasteiger partial charge on any atom is 0.410 e. The van der Waals surface area contributed by atoms with E-state index in [0.29, 0.717) is 31.7 Å². The number of ether oxygens (including phenoxy) is 2. The molecular formula is C16H21FN2O4. The van der Waals surface area contributed by atoms with Crippen LogP contribution in [0.25, 0.3) is 0 Å². The maximum absolute atomic E-state index is 13.2. The number of halogens is 1. The fraction of sp³-hybridized carbons (Fsp3) is 0.500. The summed E-state index contributed by atoms with van der Waals surface area (Å²) < 4.78 is 24.3. The van der Waals surface area contributed by atoms with Gasteiger partial charge >= 0.3 is 6.09 Å². The molecule has 1 aliphatic rings. The molecule has 126 valence electrons. The zero-order chi connectivity index (χ0) is 17.0. The van der Waals surface area contributed by atoms with Gasteiger partial charge < -0.3 is 19.7 Å². The highest BCUT2D eigenvalue weighted by molar-refractivity contribution is 5.75. The quantitative estimate of drug-likeness (QED) is 0.865. The smallest absolute Gasteiger partial charge is 0.410 e. The Hall–Kier alpha value is -2.31. The van der Waals surface area contributed by atoms with Crippen LogP contribution in [0.15, 0.2) is 18.2 Å². The van der Waals surface area contributed by atoms with Crippen LogP contribution in [0.3, 0.4) is 0 Å². The second-order valence-corrected chi connectivity index (χ2v) is 6.36. The molecule has 1 saturated heterocycles. The number of rotatable bonds is 4. The molecule has 23 heavy (non-hydrogen) atoms. The number of hydrogen-bond donors (Lipinski definition) is 1. The third kappa shape index (κ3) is 4.84. The number of carbonyl (C=O) groups is 2. The van der Waals surface area contributed by atoms with Gasteiger partial charge in [0.2, 0.25) is 6.41 Å². The molecule has 0 bridgehead atoms. The van der Waals surface area contributed by atoms with Gasteiger partial charge in [0.05, 0.1) is 12.2 Å². The Kier molecular flexibility index (Phi) is 5.08. The lowest BCUT2D eigenvalue weighted by Gasteiger charge is -2.24. The van der Waals surface area contributed by atoms with Crippen LogP contribution in [0.4, 0.5) is 14.9 Å². The van der Waals surface area contributed by atoms with Crippen molar-refractivity contribution in [2.24, 2.45) is 0 Å². The molecule has 1 aromatic rings. The molecule has 0 radical (unpaired) electrons. The lowest BCUT2D eigenvalue weighted by atomic mass is 10.2. The summed E-state index contributed by atoms with van der Waals surface area (Å²) in [5.74, 6) is -0.0990. The first-order chi connectivity index (χ1) is 10.8. The molecule has 2 rings (SSSR count). The van der Waals surface area contributed by atoms with Gasteiger partial charge in [-0.05, 0) is 32.9 Å². The number of carbonyl (C=O) groups excluding carboxylic acids is 2. The van der Waals surface area contributed by atoms with Crippen molar-refractivity contribution in [3.63, 3.8) is 0 Å². The summed E-state index contributed by atoms with van der Waals surface area (Å²) in [5.41, 5.74) is -0.288. The van der Waals surface area contributed by atoms with E-state index in [2.05, 4.69) is 5.32 Å². The molecule has 0 aliphatic carbocycles. The van der Waals surface area contributed by atoms with E-state index in [-0.39, 0.29) is 17.9 Å². The third-order valence-corrected chi connectivity index (χ3v) is 3.25. The van der Waals surface area contributed by atoms with Crippen molar-refractivity contribution in [2.45, 2.75) is 38.9 Å². The normalized spacial score (nSPS) is 17.7. The van der Waals surface area contributed by atoms with Gasteiger partial charge in [-0.25, -0.2) is 9.18 Å². The SMILES string of the molecule is CC(C)(C)OC(=O)N1CCC(Oc2ccc(F)cc2NC=O)C1. The first kappa shape index (κ1) is 17.1. The minimum Gasteiger partial charge on any atom is -0.486 e. The Morgan fingerprint density at radius 3 is 2.83 bits per heavy atom. The van der Waals surface area contributed by atoms with Crippen LogP contribution in [-0.2, 0) is 9.53 Å². The van der Waals surface area contributed by atoms with Crippen LogP contribution in [0.2, 0.25) is 0 Å². The largest absolute Gasteiger partial charge is 0.486 e. The van der Waals surface area contributed by atoms with Crippen molar-refractivity contribution in [3.8, 4) is 5.75 Å². The zero-order valence-corrected chi connectivity index (χ0v) is 13.5. The fourth-order valence-electron chi connectivity index (χ4n) is 2.28. The average Bonchev–Trinajstić information content (AvgIpc) is 2.89. The molecule has 1 fully saturated rings. The van der Waals surface area contributed by atoms with Crippen LogP contribution in [0.5, 0.6) is 5.75 Å².